The number of carbonyl (C=O) groups is 2. The van der Waals surface area contributed by atoms with Crippen LogP contribution in [0.25, 0.3) is 11.0 Å². The van der Waals surface area contributed by atoms with Gasteiger partial charge in [-0.05, 0) is 23.8 Å². The van der Waals surface area contributed by atoms with E-state index in [2.05, 4.69) is 16.3 Å². The van der Waals surface area contributed by atoms with E-state index in [0.717, 1.165) is 34.4 Å². The van der Waals surface area contributed by atoms with E-state index in [1.807, 2.05) is 42.5 Å². The maximum absolute atomic E-state index is 12.3. The van der Waals surface area contributed by atoms with E-state index in [9.17, 15) is 9.59 Å². The van der Waals surface area contributed by atoms with Crippen molar-refractivity contribution in [1.29, 1.82) is 0 Å². The molecule has 6 nitrogen and oxygen atoms in total. The molecule has 154 valence electrons. The molecule has 0 bridgehead atoms. The summed E-state index contributed by atoms with van der Waals surface area (Å²) in [5.74, 6) is 0.847. The Morgan fingerprint density at radius 2 is 1.87 bits per heavy atom. The number of amides is 2. The van der Waals surface area contributed by atoms with Crippen LogP contribution >= 0.6 is 11.6 Å². The molecular formula is C23H22ClN3O3. The maximum atomic E-state index is 12.3. The first kappa shape index (κ1) is 19.2. The lowest BCUT2D eigenvalue weighted by Crippen LogP contribution is -2.65. The summed E-state index contributed by atoms with van der Waals surface area (Å²) in [5, 5.41) is 4.50. The van der Waals surface area contributed by atoms with Gasteiger partial charge in [0.25, 0.3) is 0 Å². The monoisotopic (exact) mass is 423 g/mol. The summed E-state index contributed by atoms with van der Waals surface area (Å²) in [5.41, 5.74) is 3.12. The normalized spacial score (nSPS) is 19.8. The van der Waals surface area contributed by atoms with Crippen molar-refractivity contribution in [3.8, 4) is 0 Å². The summed E-state index contributed by atoms with van der Waals surface area (Å²) in [7, 11) is 0. The van der Waals surface area contributed by atoms with Crippen LogP contribution in [0.2, 0.25) is 5.02 Å². The Kier molecular flexibility index (Phi) is 4.97. The van der Waals surface area contributed by atoms with Gasteiger partial charge < -0.3 is 14.6 Å². The first-order chi connectivity index (χ1) is 14.6. The Labute approximate surface area is 179 Å². The first-order valence-electron chi connectivity index (χ1n) is 10.1. The van der Waals surface area contributed by atoms with Crippen LogP contribution in [0.4, 0.5) is 0 Å². The highest BCUT2D eigenvalue weighted by Crippen LogP contribution is 2.30. The Bertz CT molecular complexity index is 1110. The van der Waals surface area contributed by atoms with Crippen molar-refractivity contribution < 1.29 is 14.0 Å². The van der Waals surface area contributed by atoms with Crippen LogP contribution < -0.4 is 5.32 Å². The van der Waals surface area contributed by atoms with Gasteiger partial charge in [0, 0.05) is 48.6 Å². The average molecular weight is 424 g/mol. The molecule has 30 heavy (non-hydrogen) atoms. The molecule has 0 radical (unpaired) electrons. The van der Waals surface area contributed by atoms with Crippen LogP contribution in [-0.2, 0) is 22.6 Å². The number of benzene rings is 2. The molecule has 5 rings (SSSR count). The lowest BCUT2D eigenvalue weighted by Gasteiger charge is -2.42. The largest absolute Gasteiger partial charge is 0.460 e. The van der Waals surface area contributed by atoms with Crippen LogP contribution in [0.5, 0.6) is 0 Å². The highest BCUT2D eigenvalue weighted by Gasteiger charge is 2.38. The summed E-state index contributed by atoms with van der Waals surface area (Å²) >= 11 is 6.03. The van der Waals surface area contributed by atoms with Crippen LogP contribution in [0.15, 0.2) is 52.9 Å². The van der Waals surface area contributed by atoms with Gasteiger partial charge in [0.1, 0.15) is 17.4 Å². The smallest absolute Gasteiger partial charge is 0.244 e. The van der Waals surface area contributed by atoms with Gasteiger partial charge in [-0.25, -0.2) is 0 Å². The summed E-state index contributed by atoms with van der Waals surface area (Å²) in [6.07, 6.45) is 0.670. The number of hydrogen-bond acceptors (Lipinski definition) is 4. The Morgan fingerprint density at radius 1 is 1.07 bits per heavy atom. The van der Waals surface area contributed by atoms with Crippen molar-refractivity contribution in [3.63, 3.8) is 0 Å². The Morgan fingerprint density at radius 3 is 2.70 bits per heavy atom. The highest BCUT2D eigenvalue weighted by molar-refractivity contribution is 6.30. The molecule has 2 amide bonds. The number of nitrogens with one attached hydrogen (secondary N) is 1. The third-order valence-electron chi connectivity index (χ3n) is 5.94. The van der Waals surface area contributed by atoms with E-state index >= 15 is 0 Å². The number of rotatable bonds is 4. The van der Waals surface area contributed by atoms with Crippen LogP contribution in [0.3, 0.4) is 0 Å². The number of carbonyl (C=O) groups excluding carboxylic acids is 2. The van der Waals surface area contributed by atoms with Crippen molar-refractivity contribution in [2.75, 3.05) is 26.2 Å². The summed E-state index contributed by atoms with van der Waals surface area (Å²) < 4.78 is 6.22. The SMILES string of the molecule is O=C1NCC(=O)N2CCN(Cc3c(Cc4ccc(Cl)cc4)oc4ccccc34)CC12. The average Bonchev–Trinajstić information content (AvgIpc) is 3.09. The Balaban J connectivity index is 1.43. The molecule has 3 heterocycles. The molecule has 0 aliphatic carbocycles. The zero-order chi connectivity index (χ0) is 20.7. The van der Waals surface area contributed by atoms with Crippen molar-refractivity contribution in [2.45, 2.75) is 19.0 Å². The summed E-state index contributed by atoms with van der Waals surface area (Å²) in [6.45, 7) is 2.60. The fraction of sp³-hybridized carbons (Fsp3) is 0.304. The van der Waals surface area contributed by atoms with E-state index in [-0.39, 0.29) is 18.4 Å². The first-order valence-corrected chi connectivity index (χ1v) is 10.5. The zero-order valence-electron chi connectivity index (χ0n) is 16.4. The minimum absolute atomic E-state index is 0.00330. The van der Waals surface area contributed by atoms with E-state index in [0.29, 0.717) is 31.1 Å². The van der Waals surface area contributed by atoms with Gasteiger partial charge in [0.05, 0.1) is 6.54 Å². The van der Waals surface area contributed by atoms with E-state index in [1.54, 1.807) is 4.90 Å². The van der Waals surface area contributed by atoms with Crippen molar-refractivity contribution in [1.82, 2.24) is 15.1 Å². The molecule has 1 unspecified atom stereocenters. The highest BCUT2D eigenvalue weighted by atomic mass is 35.5. The molecule has 7 heteroatoms. The van der Waals surface area contributed by atoms with Crippen molar-refractivity contribution in [2.24, 2.45) is 0 Å². The predicted molar refractivity (Wildman–Crippen MR) is 114 cm³/mol. The predicted octanol–water partition coefficient (Wildman–Crippen LogP) is 2.82. The molecule has 2 aromatic carbocycles. The number of fused-ring (bicyclic) bond motifs is 2. The third-order valence-corrected chi connectivity index (χ3v) is 6.19. The Hall–Kier alpha value is -2.83. The van der Waals surface area contributed by atoms with Crippen LogP contribution in [0, 0.1) is 0 Å². The number of hydrogen-bond donors (Lipinski definition) is 1. The topological polar surface area (TPSA) is 65.8 Å². The maximum Gasteiger partial charge on any atom is 0.244 e. The number of nitrogens with zero attached hydrogens (tertiary/aromatic N) is 2. The van der Waals surface area contributed by atoms with E-state index < -0.39 is 6.04 Å². The molecule has 1 atom stereocenters. The molecule has 3 aromatic rings. The quantitative estimate of drug-likeness (QED) is 0.700. The number of para-hydroxylation sites is 1. The molecule has 2 fully saturated rings. The minimum Gasteiger partial charge on any atom is -0.460 e. The van der Waals surface area contributed by atoms with E-state index in [4.69, 9.17) is 16.0 Å². The van der Waals surface area contributed by atoms with Gasteiger partial charge in [-0.2, -0.15) is 0 Å². The third kappa shape index (κ3) is 3.57. The second kappa shape index (κ2) is 7.78. The fourth-order valence-corrected chi connectivity index (χ4v) is 4.49. The van der Waals surface area contributed by atoms with Crippen molar-refractivity contribution >= 4 is 34.4 Å². The van der Waals surface area contributed by atoms with Gasteiger partial charge in [0.15, 0.2) is 0 Å². The van der Waals surface area contributed by atoms with Crippen molar-refractivity contribution in [3.05, 3.63) is 70.4 Å². The molecule has 0 spiro atoms. The lowest BCUT2D eigenvalue weighted by atomic mass is 10.0. The molecule has 1 aromatic heterocycles. The van der Waals surface area contributed by atoms with Crippen LogP contribution in [0.1, 0.15) is 16.9 Å². The molecule has 0 saturated carbocycles. The molecule has 2 aliphatic rings. The molecule has 1 N–H and O–H groups in total. The second-order valence-electron chi connectivity index (χ2n) is 7.86. The van der Waals surface area contributed by atoms with Crippen LogP contribution in [-0.4, -0.2) is 53.8 Å². The molecular weight excluding hydrogens is 402 g/mol. The van der Waals surface area contributed by atoms with Gasteiger partial charge >= 0.3 is 0 Å². The summed E-state index contributed by atoms with van der Waals surface area (Å²) in [6, 6.07) is 15.4. The number of piperazine rings is 2. The standard InChI is InChI=1S/C23H22ClN3O3/c24-16-7-5-15(6-8-16)11-21-18(17-3-1-2-4-20(17)30-21)13-26-9-10-27-19(14-26)23(29)25-12-22(27)28/h1-8,19H,9-14H2,(H,25,29). The second-order valence-corrected chi connectivity index (χ2v) is 8.30. The number of halogens is 1. The number of furan rings is 1. The van der Waals surface area contributed by atoms with Gasteiger partial charge in [-0.15, -0.1) is 0 Å². The minimum atomic E-state index is -0.419. The lowest BCUT2D eigenvalue weighted by molar-refractivity contribution is -0.149. The van der Waals surface area contributed by atoms with Gasteiger partial charge in [0.2, 0.25) is 11.8 Å². The summed E-state index contributed by atoms with van der Waals surface area (Å²) in [4.78, 5) is 28.4. The molecule has 2 saturated heterocycles. The molecule has 2 aliphatic heterocycles. The van der Waals surface area contributed by atoms with E-state index in [1.165, 1.54) is 0 Å². The fourth-order valence-electron chi connectivity index (χ4n) is 4.36. The zero-order valence-corrected chi connectivity index (χ0v) is 17.2. The van der Waals surface area contributed by atoms with Gasteiger partial charge in [-0.3, -0.25) is 14.5 Å². The van der Waals surface area contributed by atoms with Gasteiger partial charge in [-0.1, -0.05) is 41.9 Å².